The van der Waals surface area contributed by atoms with E-state index in [0.717, 1.165) is 40.3 Å². The van der Waals surface area contributed by atoms with Gasteiger partial charge >= 0.3 is 0 Å². The van der Waals surface area contributed by atoms with Crippen molar-refractivity contribution in [2.45, 2.75) is 18.8 Å². The molecule has 32 heavy (non-hydrogen) atoms. The second-order valence-corrected chi connectivity index (χ2v) is 8.19. The molecule has 4 aromatic rings. The lowest BCUT2D eigenvalue weighted by Crippen LogP contribution is -2.39. The fraction of sp³-hybridized carbons (Fsp3) is 0.280. The average Bonchev–Trinajstić information content (AvgIpc) is 3.27. The fourth-order valence-corrected chi connectivity index (χ4v) is 4.67. The number of methoxy groups -OCH3 is 2. The number of hydrogen-bond acceptors (Lipinski definition) is 5. The van der Waals surface area contributed by atoms with Gasteiger partial charge in [0.2, 0.25) is 0 Å². The van der Waals surface area contributed by atoms with Crippen LogP contribution in [0.2, 0.25) is 0 Å². The van der Waals surface area contributed by atoms with Crippen molar-refractivity contribution in [3.8, 4) is 11.5 Å². The predicted octanol–water partition coefficient (Wildman–Crippen LogP) is 4.34. The number of ether oxygens (including phenoxy) is 2. The molecule has 1 saturated heterocycles. The van der Waals surface area contributed by atoms with E-state index < -0.39 is 0 Å². The maximum atomic E-state index is 13.4. The van der Waals surface area contributed by atoms with Crippen LogP contribution in [-0.2, 0) is 0 Å². The molecule has 0 aliphatic carbocycles. The summed E-state index contributed by atoms with van der Waals surface area (Å²) in [6.07, 6.45) is 1.86. The van der Waals surface area contributed by atoms with E-state index in [0.29, 0.717) is 36.0 Å². The minimum absolute atomic E-state index is 0.0359. The number of hydrogen-bond donors (Lipinski definition) is 2. The first-order chi connectivity index (χ1) is 15.6. The van der Waals surface area contributed by atoms with Gasteiger partial charge in [-0.25, -0.2) is 0 Å². The number of nitrogens with one attached hydrogen (secondary N) is 1. The number of pyridine rings is 1. The molecule has 1 aliphatic rings. The van der Waals surface area contributed by atoms with Gasteiger partial charge in [0, 0.05) is 29.8 Å². The Morgan fingerprint density at radius 2 is 2.00 bits per heavy atom. The molecule has 7 nitrogen and oxygen atoms in total. The predicted molar refractivity (Wildman–Crippen MR) is 125 cm³/mol. The van der Waals surface area contributed by atoms with Crippen molar-refractivity contribution >= 4 is 33.4 Å². The Morgan fingerprint density at radius 3 is 2.81 bits per heavy atom. The van der Waals surface area contributed by atoms with Gasteiger partial charge in [-0.15, -0.1) is 0 Å². The van der Waals surface area contributed by atoms with Crippen LogP contribution in [-0.4, -0.2) is 48.1 Å². The Labute approximate surface area is 186 Å². The number of aromatic amines is 1. The minimum Gasteiger partial charge on any atom is -0.493 e. The van der Waals surface area contributed by atoms with Gasteiger partial charge in [0.25, 0.3) is 5.91 Å². The summed E-state index contributed by atoms with van der Waals surface area (Å²) in [5, 5.41) is 1.85. The van der Waals surface area contributed by atoms with Gasteiger partial charge < -0.3 is 25.1 Å². The highest BCUT2D eigenvalue weighted by molar-refractivity contribution is 6.00. The van der Waals surface area contributed by atoms with E-state index in [4.69, 9.17) is 20.2 Å². The number of benzene rings is 2. The number of nitrogen functional groups attached to an aromatic ring is 1. The van der Waals surface area contributed by atoms with Crippen molar-refractivity contribution in [2.75, 3.05) is 33.0 Å². The van der Waals surface area contributed by atoms with Gasteiger partial charge in [0.05, 0.1) is 36.6 Å². The van der Waals surface area contributed by atoms with E-state index in [1.54, 1.807) is 14.2 Å². The van der Waals surface area contributed by atoms with Crippen LogP contribution in [0.3, 0.4) is 0 Å². The van der Waals surface area contributed by atoms with Crippen LogP contribution in [0.1, 0.15) is 34.9 Å². The topological polar surface area (TPSA) is 93.5 Å². The van der Waals surface area contributed by atoms with Gasteiger partial charge in [0.1, 0.15) is 5.69 Å². The zero-order valence-corrected chi connectivity index (χ0v) is 18.2. The molecule has 3 heterocycles. The van der Waals surface area contributed by atoms with Gasteiger partial charge in [0.15, 0.2) is 11.5 Å². The number of nitrogens with two attached hydrogens (primary N) is 1. The minimum atomic E-state index is -0.0359. The van der Waals surface area contributed by atoms with Crippen molar-refractivity contribution in [1.82, 2.24) is 14.9 Å². The molecule has 1 amide bonds. The molecule has 0 saturated carbocycles. The Morgan fingerprint density at radius 1 is 1.16 bits per heavy atom. The van der Waals surface area contributed by atoms with E-state index in [1.165, 1.54) is 0 Å². The maximum Gasteiger partial charge on any atom is 0.270 e. The molecule has 2 aromatic carbocycles. The normalized spacial score (nSPS) is 16.4. The Balaban J connectivity index is 1.43. The summed E-state index contributed by atoms with van der Waals surface area (Å²) in [7, 11) is 3.20. The molecular weight excluding hydrogens is 404 g/mol. The fourth-order valence-electron chi connectivity index (χ4n) is 4.67. The lowest BCUT2D eigenvalue weighted by atomic mass is 9.92. The van der Waals surface area contributed by atoms with Gasteiger partial charge in [-0.3, -0.25) is 9.78 Å². The third kappa shape index (κ3) is 3.39. The Bertz CT molecular complexity index is 1310. The van der Waals surface area contributed by atoms with Crippen molar-refractivity contribution in [2.24, 2.45) is 0 Å². The molecule has 1 fully saturated rings. The lowest BCUT2D eigenvalue weighted by molar-refractivity contribution is 0.0701. The van der Waals surface area contributed by atoms with Crippen LogP contribution >= 0.6 is 0 Å². The number of carbonyl (C=O) groups excluding carboxylic acids is 1. The molecule has 7 heteroatoms. The SMILES string of the molecule is COc1ccc2[nH]c(C(=O)N3CCCC(c4nc5ccccc5cc4N)C3)cc2c1OC. The Kier molecular flexibility index (Phi) is 5.09. The van der Waals surface area contributed by atoms with Crippen molar-refractivity contribution in [3.05, 3.63) is 59.9 Å². The molecule has 164 valence electrons. The molecule has 1 atom stereocenters. The third-order valence-electron chi connectivity index (χ3n) is 6.25. The summed E-state index contributed by atoms with van der Waals surface area (Å²) in [5.41, 5.74) is 10.2. The summed E-state index contributed by atoms with van der Waals surface area (Å²) in [6.45, 7) is 1.29. The largest absolute Gasteiger partial charge is 0.493 e. The van der Waals surface area contributed by atoms with Gasteiger partial charge in [-0.2, -0.15) is 0 Å². The third-order valence-corrected chi connectivity index (χ3v) is 6.25. The molecule has 2 aromatic heterocycles. The maximum absolute atomic E-state index is 13.4. The van der Waals surface area contributed by atoms with Crippen molar-refractivity contribution < 1.29 is 14.3 Å². The van der Waals surface area contributed by atoms with Crippen LogP contribution in [0, 0.1) is 0 Å². The van der Waals surface area contributed by atoms with Gasteiger partial charge in [-0.05, 0) is 43.2 Å². The number of anilines is 1. The van der Waals surface area contributed by atoms with Crippen LogP contribution in [0.4, 0.5) is 5.69 Å². The summed E-state index contributed by atoms with van der Waals surface area (Å²) >= 11 is 0. The van der Waals surface area contributed by atoms with Crippen molar-refractivity contribution in [3.63, 3.8) is 0 Å². The van der Waals surface area contributed by atoms with E-state index in [-0.39, 0.29) is 11.8 Å². The highest BCUT2D eigenvalue weighted by Gasteiger charge is 2.29. The van der Waals surface area contributed by atoms with Crippen LogP contribution in [0.25, 0.3) is 21.8 Å². The first-order valence-corrected chi connectivity index (χ1v) is 10.8. The standard InChI is InChI=1S/C25H26N4O3/c1-31-22-10-9-20-17(24(22)32-2)13-21(27-20)25(30)29-11-5-7-16(14-29)23-18(26)12-15-6-3-4-8-19(15)28-23/h3-4,6,8-10,12-13,16,27H,5,7,11,14,26H2,1-2H3. The number of likely N-dealkylation sites (tertiary alicyclic amines) is 1. The van der Waals surface area contributed by atoms with Crippen LogP contribution in [0.15, 0.2) is 48.5 Å². The van der Waals surface area contributed by atoms with Crippen LogP contribution in [0.5, 0.6) is 11.5 Å². The van der Waals surface area contributed by atoms with Crippen LogP contribution < -0.4 is 15.2 Å². The zero-order valence-electron chi connectivity index (χ0n) is 18.2. The van der Waals surface area contributed by atoms with E-state index in [1.807, 2.05) is 53.4 Å². The Hall–Kier alpha value is -3.74. The molecule has 1 aliphatic heterocycles. The number of aromatic nitrogens is 2. The second-order valence-electron chi connectivity index (χ2n) is 8.19. The number of fused-ring (bicyclic) bond motifs is 2. The first-order valence-electron chi connectivity index (χ1n) is 10.8. The number of para-hydroxylation sites is 1. The molecule has 0 bridgehead atoms. The molecule has 0 spiro atoms. The number of nitrogens with zero attached hydrogens (tertiary/aromatic N) is 2. The monoisotopic (exact) mass is 430 g/mol. The number of piperidine rings is 1. The quantitative estimate of drug-likeness (QED) is 0.502. The summed E-state index contributed by atoms with van der Waals surface area (Å²) < 4.78 is 10.9. The average molecular weight is 431 g/mol. The summed E-state index contributed by atoms with van der Waals surface area (Å²) in [6, 6.07) is 15.5. The van der Waals surface area contributed by atoms with E-state index >= 15 is 0 Å². The van der Waals surface area contributed by atoms with Crippen molar-refractivity contribution in [1.29, 1.82) is 0 Å². The molecular formula is C25H26N4O3. The number of carbonyl (C=O) groups is 1. The zero-order chi connectivity index (χ0) is 22.2. The molecule has 1 unspecified atom stereocenters. The second kappa shape index (κ2) is 8.07. The highest BCUT2D eigenvalue weighted by atomic mass is 16.5. The van der Waals surface area contributed by atoms with E-state index in [2.05, 4.69) is 4.98 Å². The smallest absolute Gasteiger partial charge is 0.270 e. The molecule has 5 rings (SSSR count). The highest BCUT2D eigenvalue weighted by Crippen LogP contribution is 2.36. The summed E-state index contributed by atoms with van der Waals surface area (Å²) in [4.78, 5) is 23.3. The summed E-state index contributed by atoms with van der Waals surface area (Å²) in [5.74, 6) is 1.32. The molecule has 3 N–H and O–H groups in total. The molecule has 0 radical (unpaired) electrons. The lowest BCUT2D eigenvalue weighted by Gasteiger charge is -2.32. The van der Waals surface area contributed by atoms with E-state index in [9.17, 15) is 4.79 Å². The van der Waals surface area contributed by atoms with Gasteiger partial charge in [-0.1, -0.05) is 18.2 Å². The number of rotatable bonds is 4. The first kappa shape index (κ1) is 20.2. The number of amides is 1. The number of H-pyrrole nitrogens is 1.